The number of thioether (sulfide) groups is 1. The molecule has 0 amide bonds. The minimum atomic E-state index is -3.50. The Balaban J connectivity index is 2.10. The number of rotatable bonds is 7. The zero-order chi connectivity index (χ0) is 15.5. The van der Waals surface area contributed by atoms with Crippen molar-refractivity contribution in [2.75, 3.05) is 19.8 Å². The third kappa shape index (κ3) is 3.93. The fraction of sp³-hybridized carbons (Fsp3) is 0.571. The topological polar surface area (TPSA) is 58.2 Å². The lowest BCUT2D eigenvalue weighted by Crippen LogP contribution is -2.45. The molecular weight excluding hydrogens is 328 g/mol. The summed E-state index contributed by atoms with van der Waals surface area (Å²) >= 11 is 7.88. The molecule has 0 heterocycles. The highest BCUT2D eigenvalue weighted by Gasteiger charge is 2.37. The summed E-state index contributed by atoms with van der Waals surface area (Å²) in [5, 5.41) is 3.47. The summed E-state index contributed by atoms with van der Waals surface area (Å²) in [4.78, 5) is 0.225. The molecule has 4 nitrogen and oxygen atoms in total. The van der Waals surface area contributed by atoms with Crippen molar-refractivity contribution < 1.29 is 8.42 Å². The van der Waals surface area contributed by atoms with E-state index < -0.39 is 10.0 Å². The molecule has 2 N–H and O–H groups in total. The highest BCUT2D eigenvalue weighted by atomic mass is 35.5. The van der Waals surface area contributed by atoms with Gasteiger partial charge in [0.1, 0.15) is 0 Å². The molecule has 2 rings (SSSR count). The lowest BCUT2D eigenvalue weighted by molar-refractivity contribution is 0.362. The van der Waals surface area contributed by atoms with Crippen LogP contribution in [0.5, 0.6) is 0 Å². The van der Waals surface area contributed by atoms with Crippen LogP contribution in [0.3, 0.4) is 0 Å². The van der Waals surface area contributed by atoms with Crippen LogP contribution in [0.4, 0.5) is 0 Å². The van der Waals surface area contributed by atoms with E-state index in [9.17, 15) is 8.42 Å². The number of benzene rings is 1. The minimum Gasteiger partial charge on any atom is -0.316 e. The van der Waals surface area contributed by atoms with Gasteiger partial charge in [-0.3, -0.25) is 0 Å². The Morgan fingerprint density at radius 2 is 2.10 bits per heavy atom. The number of hydrogen-bond acceptors (Lipinski definition) is 4. The molecule has 0 radical (unpaired) electrons. The van der Waals surface area contributed by atoms with Crippen molar-refractivity contribution in [1.29, 1.82) is 0 Å². The van der Waals surface area contributed by atoms with Gasteiger partial charge in [0.15, 0.2) is 0 Å². The Morgan fingerprint density at radius 3 is 2.57 bits per heavy atom. The maximum atomic E-state index is 12.4. The summed E-state index contributed by atoms with van der Waals surface area (Å²) in [6, 6.07) is 4.87. The van der Waals surface area contributed by atoms with Gasteiger partial charge in [-0.1, -0.05) is 24.1 Å². The van der Waals surface area contributed by atoms with Gasteiger partial charge in [0.2, 0.25) is 10.0 Å². The summed E-state index contributed by atoms with van der Waals surface area (Å²) in [7, 11) is -1.68. The van der Waals surface area contributed by atoms with Crippen LogP contribution in [-0.2, 0) is 16.6 Å². The fourth-order valence-corrected chi connectivity index (χ4v) is 4.83. The van der Waals surface area contributed by atoms with Gasteiger partial charge < -0.3 is 5.32 Å². The molecule has 0 unspecified atom stereocenters. The van der Waals surface area contributed by atoms with Crippen molar-refractivity contribution in [3.8, 4) is 0 Å². The van der Waals surface area contributed by atoms with Gasteiger partial charge in [-0.05, 0) is 43.8 Å². The summed E-state index contributed by atoms with van der Waals surface area (Å²) in [6.45, 7) is 1.09. The highest BCUT2D eigenvalue weighted by molar-refractivity contribution is 8.00. The van der Waals surface area contributed by atoms with Crippen LogP contribution in [0, 0.1) is 0 Å². The standard InChI is InChI=1S/C14H21ClN2O2S2/c1-16-9-11-4-5-12(8-13(11)15)21(18,19)17-10-14(20-2)6-3-7-14/h4-5,8,16-17H,3,6-7,9-10H2,1-2H3. The molecule has 0 bridgehead atoms. The summed E-state index contributed by atoms with van der Waals surface area (Å²) in [5.41, 5.74) is 0.887. The number of nitrogens with one attached hydrogen (secondary N) is 2. The molecule has 1 fully saturated rings. The van der Waals surface area contributed by atoms with E-state index >= 15 is 0 Å². The molecule has 0 atom stereocenters. The van der Waals surface area contributed by atoms with E-state index in [1.807, 2.05) is 13.3 Å². The predicted octanol–water partition coefficient (Wildman–Crippen LogP) is 2.62. The second-order valence-corrected chi connectivity index (χ2v) is 8.80. The Kier molecular flexibility index (Phi) is 5.59. The Hall–Kier alpha value is -0.270. The maximum Gasteiger partial charge on any atom is 0.240 e. The fourth-order valence-electron chi connectivity index (χ4n) is 2.36. The monoisotopic (exact) mass is 348 g/mol. The zero-order valence-electron chi connectivity index (χ0n) is 12.3. The molecular formula is C14H21ClN2O2S2. The van der Waals surface area contributed by atoms with Crippen LogP contribution in [-0.4, -0.2) is 33.0 Å². The lowest BCUT2D eigenvalue weighted by atomic mass is 9.84. The SMILES string of the molecule is CNCc1ccc(S(=O)(=O)NCC2(SC)CCC2)cc1Cl. The Morgan fingerprint density at radius 1 is 1.38 bits per heavy atom. The molecule has 0 spiro atoms. The van der Waals surface area contributed by atoms with E-state index in [1.54, 1.807) is 23.9 Å². The van der Waals surface area contributed by atoms with Crippen molar-refractivity contribution in [2.24, 2.45) is 0 Å². The average Bonchev–Trinajstić information content (AvgIpc) is 2.40. The van der Waals surface area contributed by atoms with E-state index in [2.05, 4.69) is 10.0 Å². The smallest absolute Gasteiger partial charge is 0.240 e. The molecule has 0 aliphatic heterocycles. The summed E-state index contributed by atoms with van der Waals surface area (Å²) in [5.74, 6) is 0. The predicted molar refractivity (Wildman–Crippen MR) is 89.5 cm³/mol. The van der Waals surface area contributed by atoms with Gasteiger partial charge in [-0.2, -0.15) is 11.8 Å². The number of hydrogen-bond donors (Lipinski definition) is 2. The van der Waals surface area contributed by atoms with Crippen LogP contribution in [0.25, 0.3) is 0 Å². The second kappa shape index (κ2) is 6.87. The van der Waals surface area contributed by atoms with E-state index in [-0.39, 0.29) is 9.64 Å². The molecule has 7 heteroatoms. The van der Waals surface area contributed by atoms with Crippen molar-refractivity contribution in [3.63, 3.8) is 0 Å². The quantitative estimate of drug-likeness (QED) is 0.795. The molecule has 1 aromatic rings. The van der Waals surface area contributed by atoms with Gasteiger partial charge in [0.05, 0.1) is 4.90 Å². The molecule has 118 valence electrons. The molecule has 1 saturated carbocycles. The van der Waals surface area contributed by atoms with Crippen molar-refractivity contribution in [2.45, 2.75) is 35.4 Å². The van der Waals surface area contributed by atoms with Crippen molar-refractivity contribution >= 4 is 33.4 Å². The van der Waals surface area contributed by atoms with Gasteiger partial charge in [0.25, 0.3) is 0 Å². The van der Waals surface area contributed by atoms with Gasteiger partial charge in [0, 0.05) is 22.9 Å². The largest absolute Gasteiger partial charge is 0.316 e. The van der Waals surface area contributed by atoms with Crippen LogP contribution in [0.2, 0.25) is 5.02 Å². The summed E-state index contributed by atoms with van der Waals surface area (Å²) in [6.07, 6.45) is 5.35. The zero-order valence-corrected chi connectivity index (χ0v) is 14.7. The van der Waals surface area contributed by atoms with Gasteiger partial charge >= 0.3 is 0 Å². The van der Waals surface area contributed by atoms with E-state index in [1.165, 1.54) is 12.5 Å². The third-order valence-electron chi connectivity index (χ3n) is 3.98. The van der Waals surface area contributed by atoms with Crippen LogP contribution in [0.1, 0.15) is 24.8 Å². The lowest BCUT2D eigenvalue weighted by Gasteiger charge is -2.40. The normalized spacial score (nSPS) is 17.5. The van der Waals surface area contributed by atoms with Crippen molar-refractivity contribution in [1.82, 2.24) is 10.0 Å². The van der Waals surface area contributed by atoms with Gasteiger partial charge in [-0.15, -0.1) is 0 Å². The molecule has 1 aliphatic rings. The molecule has 1 aromatic carbocycles. The van der Waals surface area contributed by atoms with Crippen LogP contribution in [0.15, 0.2) is 23.1 Å². The van der Waals surface area contributed by atoms with Gasteiger partial charge in [-0.25, -0.2) is 13.1 Å². The van der Waals surface area contributed by atoms with Crippen molar-refractivity contribution in [3.05, 3.63) is 28.8 Å². The van der Waals surface area contributed by atoms with Crippen LogP contribution >= 0.6 is 23.4 Å². The molecule has 21 heavy (non-hydrogen) atoms. The molecule has 0 saturated heterocycles. The summed E-state index contributed by atoms with van der Waals surface area (Å²) < 4.78 is 27.5. The number of sulfonamides is 1. The third-order valence-corrected chi connectivity index (χ3v) is 7.15. The minimum absolute atomic E-state index is 0.0724. The van der Waals surface area contributed by atoms with E-state index in [4.69, 9.17) is 11.6 Å². The second-order valence-electron chi connectivity index (χ2n) is 5.35. The first-order valence-corrected chi connectivity index (χ1v) is 9.99. The highest BCUT2D eigenvalue weighted by Crippen LogP contribution is 2.42. The van der Waals surface area contributed by atoms with E-state index in [0.717, 1.165) is 18.4 Å². The number of halogens is 1. The first-order chi connectivity index (χ1) is 9.92. The first kappa shape index (κ1) is 17.1. The Labute approximate surface area is 136 Å². The molecule has 1 aliphatic carbocycles. The average molecular weight is 349 g/mol. The first-order valence-electron chi connectivity index (χ1n) is 6.90. The van der Waals surface area contributed by atoms with Crippen LogP contribution < -0.4 is 10.0 Å². The van der Waals surface area contributed by atoms with E-state index in [0.29, 0.717) is 18.1 Å². The molecule has 0 aromatic heterocycles. The maximum absolute atomic E-state index is 12.4. The Bertz CT molecular complexity index is 595.